The smallest absolute Gasteiger partial charge is 0.413 e. The SMILES string of the molecule is CCOC(=O)N(/C=C(/C#N)C(=O)Nc1ccc(Cl)cc1Cl)CCN. The van der Waals surface area contributed by atoms with Gasteiger partial charge in [-0.3, -0.25) is 9.69 Å². The zero-order valence-corrected chi connectivity index (χ0v) is 14.4. The van der Waals surface area contributed by atoms with Gasteiger partial charge in [0.15, 0.2) is 0 Å². The molecule has 0 aliphatic rings. The van der Waals surface area contributed by atoms with Gasteiger partial charge in [0.1, 0.15) is 11.6 Å². The number of nitrogens with two attached hydrogens (primary N) is 1. The first-order valence-corrected chi connectivity index (χ1v) is 7.70. The Morgan fingerprint density at radius 3 is 2.71 bits per heavy atom. The summed E-state index contributed by atoms with van der Waals surface area (Å²) in [5, 5.41) is 12.3. The number of carbonyl (C=O) groups excluding carboxylic acids is 2. The zero-order chi connectivity index (χ0) is 18.1. The molecule has 0 unspecified atom stereocenters. The van der Waals surface area contributed by atoms with E-state index in [9.17, 15) is 14.9 Å². The van der Waals surface area contributed by atoms with Gasteiger partial charge < -0.3 is 15.8 Å². The van der Waals surface area contributed by atoms with Crippen molar-refractivity contribution < 1.29 is 14.3 Å². The Balaban J connectivity index is 2.98. The van der Waals surface area contributed by atoms with Crippen LogP contribution in [0.25, 0.3) is 0 Å². The van der Waals surface area contributed by atoms with Crippen molar-refractivity contribution in [2.75, 3.05) is 25.0 Å². The highest BCUT2D eigenvalue weighted by molar-refractivity contribution is 6.36. The Kier molecular flexibility index (Phi) is 8.06. The van der Waals surface area contributed by atoms with Crippen LogP contribution in [0.5, 0.6) is 0 Å². The van der Waals surface area contributed by atoms with Gasteiger partial charge in [0.25, 0.3) is 5.91 Å². The number of nitrogens with zero attached hydrogens (tertiary/aromatic N) is 2. The van der Waals surface area contributed by atoms with Crippen LogP contribution in [0.3, 0.4) is 0 Å². The topological polar surface area (TPSA) is 108 Å². The van der Waals surface area contributed by atoms with Gasteiger partial charge in [-0.25, -0.2) is 4.79 Å². The molecule has 0 aromatic heterocycles. The number of rotatable bonds is 6. The fourth-order valence-electron chi connectivity index (χ4n) is 1.63. The third-order valence-electron chi connectivity index (χ3n) is 2.70. The zero-order valence-electron chi connectivity index (χ0n) is 12.9. The molecule has 0 saturated heterocycles. The maximum absolute atomic E-state index is 12.2. The van der Waals surface area contributed by atoms with Crippen molar-refractivity contribution in [1.82, 2.24) is 4.90 Å². The lowest BCUT2D eigenvalue weighted by Crippen LogP contribution is -2.32. The molecule has 0 aliphatic heterocycles. The van der Waals surface area contributed by atoms with Crippen molar-refractivity contribution in [2.24, 2.45) is 5.73 Å². The van der Waals surface area contributed by atoms with Crippen LogP contribution in [0, 0.1) is 11.3 Å². The van der Waals surface area contributed by atoms with Crippen LogP contribution in [0.4, 0.5) is 10.5 Å². The molecule has 0 bridgehead atoms. The summed E-state index contributed by atoms with van der Waals surface area (Å²) in [4.78, 5) is 25.0. The second kappa shape index (κ2) is 9.78. The van der Waals surface area contributed by atoms with Crippen molar-refractivity contribution in [3.05, 3.63) is 40.0 Å². The second-order valence-corrected chi connectivity index (χ2v) is 5.26. The average Bonchev–Trinajstić information content (AvgIpc) is 2.54. The molecule has 0 saturated carbocycles. The molecule has 0 atom stereocenters. The van der Waals surface area contributed by atoms with E-state index in [-0.39, 0.29) is 36.0 Å². The summed E-state index contributed by atoms with van der Waals surface area (Å²) < 4.78 is 4.84. The Morgan fingerprint density at radius 1 is 1.46 bits per heavy atom. The van der Waals surface area contributed by atoms with E-state index in [1.807, 2.05) is 0 Å². The molecule has 128 valence electrons. The number of halogens is 2. The van der Waals surface area contributed by atoms with Gasteiger partial charge in [-0.1, -0.05) is 23.2 Å². The van der Waals surface area contributed by atoms with Gasteiger partial charge in [0, 0.05) is 24.3 Å². The lowest BCUT2D eigenvalue weighted by atomic mass is 10.2. The van der Waals surface area contributed by atoms with Crippen LogP contribution >= 0.6 is 23.2 Å². The first kappa shape index (κ1) is 19.8. The van der Waals surface area contributed by atoms with Crippen molar-refractivity contribution in [1.29, 1.82) is 5.26 Å². The molecule has 2 amide bonds. The van der Waals surface area contributed by atoms with Crippen molar-refractivity contribution in [2.45, 2.75) is 6.92 Å². The molecular weight excluding hydrogens is 355 g/mol. The van der Waals surface area contributed by atoms with E-state index in [0.29, 0.717) is 5.02 Å². The number of amides is 2. The predicted octanol–water partition coefficient (Wildman–Crippen LogP) is 2.76. The number of benzene rings is 1. The quantitative estimate of drug-likeness (QED) is 0.590. The molecule has 0 heterocycles. The standard InChI is InChI=1S/C15H16Cl2N4O3/c1-2-24-15(23)21(6-5-18)9-10(8-19)14(22)20-13-4-3-11(16)7-12(13)17/h3-4,7,9H,2,5-6,18H2,1H3,(H,20,22)/b10-9-. The molecule has 0 radical (unpaired) electrons. The lowest BCUT2D eigenvalue weighted by Gasteiger charge is -2.17. The molecule has 9 heteroatoms. The summed E-state index contributed by atoms with van der Waals surface area (Å²) in [6.07, 6.45) is 0.386. The fraction of sp³-hybridized carbons (Fsp3) is 0.267. The number of hydrogen-bond donors (Lipinski definition) is 2. The van der Waals surface area contributed by atoms with Crippen molar-refractivity contribution in [3.63, 3.8) is 0 Å². The largest absolute Gasteiger partial charge is 0.449 e. The van der Waals surface area contributed by atoms with E-state index in [4.69, 9.17) is 33.7 Å². The van der Waals surface area contributed by atoms with Crippen molar-refractivity contribution >= 4 is 40.9 Å². The Bertz CT molecular complexity index is 686. The maximum atomic E-state index is 12.2. The number of nitriles is 1. The molecule has 0 spiro atoms. The van der Waals surface area contributed by atoms with Crippen LogP contribution in [0.2, 0.25) is 10.0 Å². The molecule has 7 nitrogen and oxygen atoms in total. The van der Waals surface area contributed by atoms with Gasteiger partial charge >= 0.3 is 6.09 Å². The predicted molar refractivity (Wildman–Crippen MR) is 91.6 cm³/mol. The number of hydrogen-bond acceptors (Lipinski definition) is 5. The van der Waals surface area contributed by atoms with E-state index >= 15 is 0 Å². The van der Waals surface area contributed by atoms with Gasteiger partial charge in [-0.15, -0.1) is 0 Å². The van der Waals surface area contributed by atoms with E-state index < -0.39 is 12.0 Å². The highest BCUT2D eigenvalue weighted by Gasteiger charge is 2.17. The molecule has 1 rings (SSSR count). The third kappa shape index (κ3) is 5.74. The van der Waals surface area contributed by atoms with E-state index in [0.717, 1.165) is 11.1 Å². The molecule has 24 heavy (non-hydrogen) atoms. The van der Waals surface area contributed by atoms with Crippen LogP contribution < -0.4 is 11.1 Å². The molecular formula is C15H16Cl2N4O3. The molecule has 3 N–H and O–H groups in total. The summed E-state index contributed by atoms with van der Waals surface area (Å²) in [7, 11) is 0. The van der Waals surface area contributed by atoms with Gasteiger partial charge in [-0.05, 0) is 25.1 Å². The first-order valence-electron chi connectivity index (χ1n) is 6.94. The normalized spacial score (nSPS) is 10.7. The Hall–Kier alpha value is -2.27. The minimum Gasteiger partial charge on any atom is -0.449 e. The summed E-state index contributed by atoms with van der Waals surface area (Å²) in [6.45, 7) is 2.03. The first-order chi connectivity index (χ1) is 11.4. The summed E-state index contributed by atoms with van der Waals surface area (Å²) in [6, 6.07) is 6.22. The van der Waals surface area contributed by atoms with Gasteiger partial charge in [0.05, 0.1) is 17.3 Å². The van der Waals surface area contributed by atoms with E-state index in [1.165, 1.54) is 18.2 Å². The fourth-order valence-corrected chi connectivity index (χ4v) is 2.08. The summed E-state index contributed by atoms with van der Waals surface area (Å²) in [5.74, 6) is -0.729. The van der Waals surface area contributed by atoms with Gasteiger partial charge in [-0.2, -0.15) is 5.26 Å². The molecule has 1 aromatic rings. The highest BCUT2D eigenvalue weighted by atomic mass is 35.5. The lowest BCUT2D eigenvalue weighted by molar-refractivity contribution is -0.112. The van der Waals surface area contributed by atoms with E-state index in [1.54, 1.807) is 13.0 Å². The van der Waals surface area contributed by atoms with Crippen molar-refractivity contribution in [3.8, 4) is 6.07 Å². The molecule has 0 aliphatic carbocycles. The van der Waals surface area contributed by atoms with Crippen LogP contribution in [-0.2, 0) is 9.53 Å². The van der Waals surface area contributed by atoms with Crippen LogP contribution in [0.1, 0.15) is 6.92 Å². The van der Waals surface area contributed by atoms with E-state index in [2.05, 4.69) is 5.32 Å². The highest BCUT2D eigenvalue weighted by Crippen LogP contribution is 2.25. The monoisotopic (exact) mass is 370 g/mol. The number of anilines is 1. The Morgan fingerprint density at radius 2 is 2.17 bits per heavy atom. The second-order valence-electron chi connectivity index (χ2n) is 4.41. The number of ether oxygens (including phenoxy) is 1. The number of nitrogens with one attached hydrogen (secondary N) is 1. The number of carbonyl (C=O) groups is 2. The van der Waals surface area contributed by atoms with Crippen LogP contribution in [-0.4, -0.2) is 36.6 Å². The maximum Gasteiger partial charge on any atom is 0.413 e. The third-order valence-corrected chi connectivity index (χ3v) is 3.25. The summed E-state index contributed by atoms with van der Waals surface area (Å²) >= 11 is 11.7. The Labute approximate surface area is 149 Å². The minimum atomic E-state index is -0.729. The van der Waals surface area contributed by atoms with Crippen LogP contribution in [0.15, 0.2) is 30.0 Å². The molecule has 0 fully saturated rings. The summed E-state index contributed by atoms with van der Waals surface area (Å²) in [5.41, 5.74) is 5.40. The molecule has 1 aromatic carbocycles. The minimum absolute atomic E-state index is 0.0962. The van der Waals surface area contributed by atoms with Gasteiger partial charge in [0.2, 0.25) is 0 Å². The average molecular weight is 371 g/mol.